The lowest BCUT2D eigenvalue weighted by molar-refractivity contribution is -0.143. The van der Waals surface area contributed by atoms with Gasteiger partial charge >= 0.3 is 12.4 Å². The number of alkyl halides is 7. The molecule has 224 valence electrons. The third-order valence-corrected chi connectivity index (χ3v) is 7.52. The molecule has 0 N–H and O–H groups in total. The molecule has 0 radical (unpaired) electrons. The summed E-state index contributed by atoms with van der Waals surface area (Å²) in [7, 11) is 1.31. The zero-order valence-electron chi connectivity index (χ0n) is 22.7. The van der Waals surface area contributed by atoms with Gasteiger partial charge in [-0.3, -0.25) is 9.59 Å². The van der Waals surface area contributed by atoms with Gasteiger partial charge in [-0.1, -0.05) is 40.2 Å². The van der Waals surface area contributed by atoms with E-state index < -0.39 is 35.9 Å². The van der Waals surface area contributed by atoms with Crippen molar-refractivity contribution in [3.05, 3.63) is 82.5 Å². The summed E-state index contributed by atoms with van der Waals surface area (Å²) < 4.78 is 80.2. The van der Waals surface area contributed by atoms with Gasteiger partial charge in [0.15, 0.2) is 0 Å². The van der Waals surface area contributed by atoms with Crippen molar-refractivity contribution in [3.8, 4) is 11.1 Å². The maximum absolute atomic E-state index is 13.6. The van der Waals surface area contributed by atoms with Crippen LogP contribution in [0.25, 0.3) is 11.1 Å². The first-order valence-corrected chi connectivity index (χ1v) is 14.0. The molecule has 2 heterocycles. The Kier molecular flexibility index (Phi) is 9.19. The summed E-state index contributed by atoms with van der Waals surface area (Å²) in [4.78, 5) is 34.9. The lowest BCUT2D eigenvalue weighted by Gasteiger charge is -2.35. The molecule has 0 unspecified atom stereocenters. The van der Waals surface area contributed by atoms with Gasteiger partial charge < -0.3 is 14.7 Å². The van der Waals surface area contributed by atoms with Gasteiger partial charge in [0.25, 0.3) is 5.91 Å². The van der Waals surface area contributed by atoms with E-state index in [1.165, 1.54) is 13.2 Å². The van der Waals surface area contributed by atoms with E-state index in [0.29, 0.717) is 49.7 Å². The van der Waals surface area contributed by atoms with Crippen LogP contribution in [0.15, 0.2) is 54.7 Å². The highest BCUT2D eigenvalue weighted by atomic mass is 79.9. The monoisotopic (exact) mass is 656 g/mol. The van der Waals surface area contributed by atoms with Crippen LogP contribution in [0.1, 0.15) is 32.6 Å². The summed E-state index contributed by atoms with van der Waals surface area (Å²) >= 11 is 3.18. The molecule has 2 aromatic carbocycles. The van der Waals surface area contributed by atoms with Gasteiger partial charge in [0, 0.05) is 46.0 Å². The predicted octanol–water partition coefficient (Wildman–Crippen LogP) is 6.41. The molecule has 1 fully saturated rings. The van der Waals surface area contributed by atoms with Crippen LogP contribution in [-0.4, -0.2) is 65.2 Å². The number of aromatic nitrogens is 1. The van der Waals surface area contributed by atoms with Crippen LogP contribution in [0.3, 0.4) is 0 Å². The van der Waals surface area contributed by atoms with E-state index in [4.69, 9.17) is 0 Å². The molecule has 0 aliphatic carbocycles. The predicted molar refractivity (Wildman–Crippen MR) is 149 cm³/mol. The molecule has 1 aliphatic rings. The van der Waals surface area contributed by atoms with Gasteiger partial charge in [-0.15, -0.1) is 0 Å². The zero-order chi connectivity index (χ0) is 30.8. The lowest BCUT2D eigenvalue weighted by atomic mass is 9.96. The molecule has 6 nitrogen and oxygen atoms in total. The number of hydrogen-bond acceptors (Lipinski definition) is 4. The molecule has 2 amide bonds. The standard InChI is InChI=1S/C29H27BrF6N4O2/c1-18-5-3-4-6-22(18)23-14-25(39-7-9-40(10-8-39)26(41)15-30)37-16-24(23)27(42)38(2)17-19-11-20(28(31,32)33)13-21(12-19)29(34,35)36/h3-6,11-14,16H,7-10,15,17H2,1-2H3. The number of anilines is 1. The molecule has 3 aromatic rings. The summed E-state index contributed by atoms with van der Waals surface area (Å²) in [6.07, 6.45) is -8.62. The highest BCUT2D eigenvalue weighted by Gasteiger charge is 2.37. The molecule has 1 saturated heterocycles. The quantitative estimate of drug-likeness (QED) is 0.227. The van der Waals surface area contributed by atoms with Gasteiger partial charge in [0.1, 0.15) is 5.82 Å². The number of pyridine rings is 1. The minimum Gasteiger partial charge on any atom is -0.353 e. The second kappa shape index (κ2) is 12.3. The highest BCUT2D eigenvalue weighted by Crippen LogP contribution is 2.37. The van der Waals surface area contributed by atoms with Crippen LogP contribution in [0, 0.1) is 6.92 Å². The maximum atomic E-state index is 13.6. The Labute approximate surface area is 247 Å². The Morgan fingerprint density at radius 1 is 0.905 bits per heavy atom. The smallest absolute Gasteiger partial charge is 0.353 e. The Balaban J connectivity index is 1.67. The molecule has 0 bridgehead atoms. The van der Waals surface area contributed by atoms with Crippen molar-refractivity contribution in [2.75, 3.05) is 43.5 Å². The van der Waals surface area contributed by atoms with Crippen molar-refractivity contribution in [1.29, 1.82) is 0 Å². The van der Waals surface area contributed by atoms with E-state index in [-0.39, 0.29) is 28.4 Å². The summed E-state index contributed by atoms with van der Waals surface area (Å²) in [5.41, 5.74) is -0.960. The highest BCUT2D eigenvalue weighted by molar-refractivity contribution is 9.09. The van der Waals surface area contributed by atoms with Crippen molar-refractivity contribution >= 4 is 33.6 Å². The number of halogens is 7. The molecular formula is C29H27BrF6N4O2. The second-order valence-corrected chi connectivity index (χ2v) is 10.5. The number of amides is 2. The average Bonchev–Trinajstić information content (AvgIpc) is 2.95. The lowest BCUT2D eigenvalue weighted by Crippen LogP contribution is -2.49. The third-order valence-electron chi connectivity index (χ3n) is 7.04. The first kappa shape index (κ1) is 31.3. The number of aryl methyl sites for hydroxylation is 1. The van der Waals surface area contributed by atoms with Gasteiger partial charge in [0.05, 0.1) is 22.0 Å². The molecule has 0 spiro atoms. The minimum atomic E-state index is -5.00. The Hall–Kier alpha value is -3.61. The van der Waals surface area contributed by atoms with E-state index in [1.54, 1.807) is 17.0 Å². The fourth-order valence-electron chi connectivity index (χ4n) is 4.82. The Bertz CT molecular complexity index is 1440. The Morgan fingerprint density at radius 3 is 2.05 bits per heavy atom. The van der Waals surface area contributed by atoms with Gasteiger partial charge in [-0.2, -0.15) is 26.3 Å². The van der Waals surface area contributed by atoms with Gasteiger partial charge in [-0.25, -0.2) is 4.98 Å². The number of hydrogen-bond donors (Lipinski definition) is 0. The number of rotatable bonds is 6. The topological polar surface area (TPSA) is 56.8 Å². The molecule has 13 heteroatoms. The molecule has 0 saturated carbocycles. The first-order valence-electron chi connectivity index (χ1n) is 12.9. The van der Waals surface area contributed by atoms with E-state index >= 15 is 0 Å². The normalized spacial score (nSPS) is 14.2. The van der Waals surface area contributed by atoms with Crippen LogP contribution >= 0.6 is 15.9 Å². The van der Waals surface area contributed by atoms with Gasteiger partial charge in [-0.05, 0) is 53.4 Å². The molecule has 4 rings (SSSR count). The van der Waals surface area contributed by atoms with E-state index in [1.807, 2.05) is 30.0 Å². The first-order chi connectivity index (χ1) is 19.7. The van der Waals surface area contributed by atoms with Gasteiger partial charge in [0.2, 0.25) is 5.91 Å². The molecule has 0 atom stereocenters. The van der Waals surface area contributed by atoms with Crippen LogP contribution in [0.4, 0.5) is 32.2 Å². The van der Waals surface area contributed by atoms with Crippen LogP contribution < -0.4 is 4.90 Å². The summed E-state index contributed by atoms with van der Waals surface area (Å²) in [6.45, 7) is 3.38. The van der Waals surface area contributed by atoms with Crippen molar-refractivity contribution in [1.82, 2.24) is 14.8 Å². The maximum Gasteiger partial charge on any atom is 0.416 e. The SMILES string of the molecule is Cc1ccccc1-c1cc(N2CCN(C(=O)CBr)CC2)ncc1C(=O)N(C)Cc1cc(C(F)(F)F)cc(C(F)(F)F)c1. The summed E-state index contributed by atoms with van der Waals surface area (Å²) in [5.74, 6) is -0.0626. The number of nitrogens with zero attached hydrogens (tertiary/aromatic N) is 4. The number of piperazine rings is 1. The third kappa shape index (κ3) is 7.05. The van der Waals surface area contributed by atoms with Crippen molar-refractivity contribution < 1.29 is 35.9 Å². The largest absolute Gasteiger partial charge is 0.416 e. The molecular weight excluding hydrogens is 630 g/mol. The van der Waals surface area contributed by atoms with Crippen LogP contribution in [0.2, 0.25) is 0 Å². The van der Waals surface area contributed by atoms with Crippen molar-refractivity contribution in [2.24, 2.45) is 0 Å². The minimum absolute atomic E-state index is 0.0182. The van der Waals surface area contributed by atoms with E-state index in [0.717, 1.165) is 16.0 Å². The van der Waals surface area contributed by atoms with Crippen LogP contribution in [0.5, 0.6) is 0 Å². The van der Waals surface area contributed by atoms with Crippen molar-refractivity contribution in [3.63, 3.8) is 0 Å². The number of benzene rings is 2. The fourth-order valence-corrected chi connectivity index (χ4v) is 5.17. The second-order valence-electron chi connectivity index (χ2n) is 9.98. The molecule has 42 heavy (non-hydrogen) atoms. The summed E-state index contributed by atoms with van der Waals surface area (Å²) in [5, 5.41) is 0.227. The number of carbonyl (C=O) groups is 2. The number of carbonyl (C=O) groups excluding carboxylic acids is 2. The zero-order valence-corrected chi connectivity index (χ0v) is 24.3. The van der Waals surface area contributed by atoms with E-state index in [2.05, 4.69) is 20.9 Å². The fraction of sp³-hybridized carbons (Fsp3) is 0.345. The molecule has 1 aromatic heterocycles. The van der Waals surface area contributed by atoms with Crippen molar-refractivity contribution in [2.45, 2.75) is 25.8 Å². The van der Waals surface area contributed by atoms with Crippen LogP contribution in [-0.2, 0) is 23.7 Å². The molecule has 1 aliphatic heterocycles. The Morgan fingerprint density at radius 2 is 1.50 bits per heavy atom. The summed E-state index contributed by atoms with van der Waals surface area (Å²) in [6, 6.07) is 10.3. The van der Waals surface area contributed by atoms with E-state index in [9.17, 15) is 35.9 Å². The average molecular weight is 657 g/mol.